The number of hydrogen-bond donors (Lipinski definition) is 0. The summed E-state index contributed by atoms with van der Waals surface area (Å²) in [5.74, 6) is 0.505. The predicted molar refractivity (Wildman–Crippen MR) is 68.3 cm³/mol. The highest BCUT2D eigenvalue weighted by Gasteiger charge is 2.10. The van der Waals surface area contributed by atoms with Crippen LogP contribution in [0.1, 0.15) is 26.3 Å². The van der Waals surface area contributed by atoms with Crippen LogP contribution in [0.2, 0.25) is 0 Å². The molecule has 0 atom stereocenters. The van der Waals surface area contributed by atoms with Crippen LogP contribution >= 0.6 is 0 Å². The molecule has 0 radical (unpaired) electrons. The van der Waals surface area contributed by atoms with Crippen LogP contribution < -0.4 is 4.74 Å². The Kier molecular flexibility index (Phi) is 3.53. The van der Waals surface area contributed by atoms with Gasteiger partial charge in [0.25, 0.3) is 0 Å². The molecular weight excluding hydrogens is 228 g/mol. The summed E-state index contributed by atoms with van der Waals surface area (Å²) in [5.41, 5.74) is 1.52. The molecule has 2 rings (SSSR count). The molecule has 0 aromatic heterocycles. The summed E-state index contributed by atoms with van der Waals surface area (Å²) < 4.78 is 5.08. The molecule has 3 heteroatoms. The predicted octanol–water partition coefficient (Wildman–Crippen LogP) is 2.74. The zero-order valence-electron chi connectivity index (χ0n) is 9.92. The first-order chi connectivity index (χ1) is 8.74. The van der Waals surface area contributed by atoms with Gasteiger partial charge >= 0.3 is 0 Å². The number of ether oxygens (including phenoxy) is 1. The van der Waals surface area contributed by atoms with Gasteiger partial charge in [-0.15, -0.1) is 0 Å². The van der Waals surface area contributed by atoms with Gasteiger partial charge in [-0.2, -0.15) is 0 Å². The zero-order valence-corrected chi connectivity index (χ0v) is 9.92. The van der Waals surface area contributed by atoms with Crippen LogP contribution in [0.3, 0.4) is 0 Å². The Morgan fingerprint density at radius 2 is 1.72 bits per heavy atom. The molecule has 0 unspecified atom stereocenters. The molecule has 18 heavy (non-hydrogen) atoms. The summed E-state index contributed by atoms with van der Waals surface area (Å²) in [6.45, 7) is 0. The molecule has 0 saturated heterocycles. The van der Waals surface area contributed by atoms with Crippen molar-refractivity contribution >= 4 is 12.1 Å². The molecule has 3 nitrogen and oxygen atoms in total. The maximum Gasteiger partial charge on any atom is 0.193 e. The van der Waals surface area contributed by atoms with Crippen molar-refractivity contribution in [3.05, 3.63) is 65.2 Å². The summed E-state index contributed by atoms with van der Waals surface area (Å²) in [6, 6.07) is 13.6. The van der Waals surface area contributed by atoms with E-state index in [1.165, 1.54) is 0 Å². The van der Waals surface area contributed by atoms with Crippen LogP contribution in [0, 0.1) is 0 Å². The fourth-order valence-electron chi connectivity index (χ4n) is 1.68. The maximum atomic E-state index is 12.2. The Hall–Kier alpha value is -2.42. The highest BCUT2D eigenvalue weighted by atomic mass is 16.5. The van der Waals surface area contributed by atoms with Crippen molar-refractivity contribution in [1.82, 2.24) is 0 Å². The number of benzene rings is 2. The molecule has 2 aromatic carbocycles. The second-order valence-corrected chi connectivity index (χ2v) is 3.80. The lowest BCUT2D eigenvalue weighted by molar-refractivity contribution is 0.103. The standard InChI is InChI=1S/C15H12O3/c1-18-14-7-3-6-13(9-14)15(17)12-5-2-4-11(8-12)10-16/h2-10H,1H3. The molecule has 2 aromatic rings. The van der Waals surface area contributed by atoms with E-state index >= 15 is 0 Å². The molecule has 0 saturated carbocycles. The van der Waals surface area contributed by atoms with Gasteiger partial charge < -0.3 is 4.74 Å². The van der Waals surface area contributed by atoms with Gasteiger partial charge in [0.1, 0.15) is 12.0 Å². The van der Waals surface area contributed by atoms with E-state index in [1.807, 2.05) is 0 Å². The van der Waals surface area contributed by atoms with Crippen LogP contribution in [0.15, 0.2) is 48.5 Å². The molecule has 0 aliphatic carbocycles. The number of methoxy groups -OCH3 is 1. The molecule has 90 valence electrons. The maximum absolute atomic E-state index is 12.2. The number of carbonyl (C=O) groups excluding carboxylic acids is 2. The lowest BCUT2D eigenvalue weighted by Gasteiger charge is -2.04. The summed E-state index contributed by atoms with van der Waals surface area (Å²) in [4.78, 5) is 22.9. The fraction of sp³-hybridized carbons (Fsp3) is 0.0667. The minimum atomic E-state index is -0.127. The highest BCUT2D eigenvalue weighted by molar-refractivity contribution is 6.09. The van der Waals surface area contributed by atoms with Gasteiger partial charge in [-0.3, -0.25) is 9.59 Å². The van der Waals surface area contributed by atoms with Gasteiger partial charge in [0, 0.05) is 16.7 Å². The van der Waals surface area contributed by atoms with Gasteiger partial charge in [0.05, 0.1) is 7.11 Å². The topological polar surface area (TPSA) is 43.4 Å². The van der Waals surface area contributed by atoms with E-state index in [4.69, 9.17) is 4.74 Å². The summed E-state index contributed by atoms with van der Waals surface area (Å²) >= 11 is 0. The molecule has 0 bridgehead atoms. The molecule has 0 N–H and O–H groups in total. The molecule has 0 aliphatic heterocycles. The van der Waals surface area contributed by atoms with Crippen molar-refractivity contribution < 1.29 is 14.3 Å². The van der Waals surface area contributed by atoms with Crippen molar-refractivity contribution in [3.63, 3.8) is 0 Å². The lowest BCUT2D eigenvalue weighted by atomic mass is 10.0. The Balaban J connectivity index is 2.37. The molecule has 0 aliphatic rings. The van der Waals surface area contributed by atoms with Crippen LogP contribution in [-0.4, -0.2) is 19.2 Å². The summed E-state index contributed by atoms with van der Waals surface area (Å²) in [6.07, 6.45) is 0.725. The third-order valence-corrected chi connectivity index (χ3v) is 2.62. The molecule has 0 amide bonds. The Labute approximate surface area is 105 Å². The largest absolute Gasteiger partial charge is 0.497 e. The molecule has 0 heterocycles. The highest BCUT2D eigenvalue weighted by Crippen LogP contribution is 2.16. The zero-order chi connectivity index (χ0) is 13.0. The average molecular weight is 240 g/mol. The van der Waals surface area contributed by atoms with E-state index in [9.17, 15) is 9.59 Å². The van der Waals surface area contributed by atoms with Gasteiger partial charge in [0.15, 0.2) is 5.78 Å². The normalized spacial score (nSPS) is 9.83. The second-order valence-electron chi connectivity index (χ2n) is 3.80. The van der Waals surface area contributed by atoms with E-state index in [2.05, 4.69) is 0 Å². The smallest absolute Gasteiger partial charge is 0.193 e. The van der Waals surface area contributed by atoms with Crippen LogP contribution in [0.4, 0.5) is 0 Å². The first-order valence-electron chi connectivity index (χ1n) is 5.48. The van der Waals surface area contributed by atoms with Crippen molar-refractivity contribution in [3.8, 4) is 5.75 Å². The lowest BCUT2D eigenvalue weighted by Crippen LogP contribution is -2.02. The SMILES string of the molecule is COc1cccc(C(=O)c2cccc(C=O)c2)c1. The van der Waals surface area contributed by atoms with Crippen LogP contribution in [0.25, 0.3) is 0 Å². The molecule has 0 spiro atoms. The molecule has 0 fully saturated rings. The van der Waals surface area contributed by atoms with Crippen LogP contribution in [-0.2, 0) is 0 Å². The van der Waals surface area contributed by atoms with E-state index in [0.29, 0.717) is 22.4 Å². The van der Waals surface area contributed by atoms with Crippen molar-refractivity contribution in [2.24, 2.45) is 0 Å². The van der Waals surface area contributed by atoms with E-state index < -0.39 is 0 Å². The van der Waals surface area contributed by atoms with Gasteiger partial charge in [-0.25, -0.2) is 0 Å². The van der Waals surface area contributed by atoms with E-state index in [-0.39, 0.29) is 5.78 Å². The molecular formula is C15H12O3. The average Bonchev–Trinajstić information content (AvgIpc) is 2.46. The fourth-order valence-corrected chi connectivity index (χ4v) is 1.68. The number of carbonyl (C=O) groups is 2. The third kappa shape index (κ3) is 2.46. The Bertz CT molecular complexity index is 588. The summed E-state index contributed by atoms with van der Waals surface area (Å²) in [7, 11) is 1.55. The van der Waals surface area contributed by atoms with Crippen molar-refractivity contribution in [2.45, 2.75) is 0 Å². The van der Waals surface area contributed by atoms with E-state index in [1.54, 1.807) is 55.6 Å². The van der Waals surface area contributed by atoms with Gasteiger partial charge in [-0.1, -0.05) is 30.3 Å². The number of aldehydes is 1. The number of hydrogen-bond acceptors (Lipinski definition) is 3. The monoisotopic (exact) mass is 240 g/mol. The van der Waals surface area contributed by atoms with Gasteiger partial charge in [0.2, 0.25) is 0 Å². The van der Waals surface area contributed by atoms with E-state index in [0.717, 1.165) is 6.29 Å². The van der Waals surface area contributed by atoms with Crippen molar-refractivity contribution in [2.75, 3.05) is 7.11 Å². The van der Waals surface area contributed by atoms with Crippen molar-refractivity contribution in [1.29, 1.82) is 0 Å². The first-order valence-corrected chi connectivity index (χ1v) is 5.48. The minimum absolute atomic E-state index is 0.127. The third-order valence-electron chi connectivity index (χ3n) is 2.62. The quantitative estimate of drug-likeness (QED) is 0.609. The Morgan fingerprint density at radius 3 is 2.39 bits per heavy atom. The summed E-state index contributed by atoms with van der Waals surface area (Å²) in [5, 5.41) is 0. The van der Waals surface area contributed by atoms with Gasteiger partial charge in [-0.05, 0) is 18.2 Å². The number of rotatable bonds is 4. The van der Waals surface area contributed by atoms with Crippen LogP contribution in [0.5, 0.6) is 5.75 Å². The second kappa shape index (κ2) is 5.27. The minimum Gasteiger partial charge on any atom is -0.497 e. The number of ketones is 1. The first kappa shape index (κ1) is 12.0. The Morgan fingerprint density at radius 1 is 1.06 bits per heavy atom.